The standard InChI is InChI=1S/C12H19N5S2/c1-4-17-10(5-13)15-16-12(17)19-7-9-6-18-11(14-9)8(2)3/h6,8H,4-5,7,13H2,1-3H3. The van der Waals surface area contributed by atoms with Gasteiger partial charge in [-0.2, -0.15) is 0 Å². The molecule has 7 heteroatoms. The van der Waals surface area contributed by atoms with Gasteiger partial charge in [-0.15, -0.1) is 21.5 Å². The van der Waals surface area contributed by atoms with Crippen molar-refractivity contribution < 1.29 is 0 Å². The summed E-state index contributed by atoms with van der Waals surface area (Å²) >= 11 is 3.39. The molecule has 0 saturated carbocycles. The highest BCUT2D eigenvalue weighted by Gasteiger charge is 2.11. The molecular formula is C12H19N5S2. The number of nitrogens with zero attached hydrogens (tertiary/aromatic N) is 4. The number of aromatic nitrogens is 4. The van der Waals surface area contributed by atoms with Crippen molar-refractivity contribution in [2.24, 2.45) is 5.73 Å². The molecule has 0 fully saturated rings. The van der Waals surface area contributed by atoms with Gasteiger partial charge in [0.15, 0.2) is 5.16 Å². The van der Waals surface area contributed by atoms with Crippen LogP contribution < -0.4 is 5.73 Å². The quantitative estimate of drug-likeness (QED) is 0.830. The van der Waals surface area contributed by atoms with Crippen molar-refractivity contribution in [1.29, 1.82) is 0 Å². The Morgan fingerprint density at radius 2 is 2.21 bits per heavy atom. The Bertz CT molecular complexity index is 532. The van der Waals surface area contributed by atoms with Crippen molar-refractivity contribution in [2.45, 2.75) is 50.7 Å². The minimum atomic E-state index is 0.426. The van der Waals surface area contributed by atoms with Gasteiger partial charge < -0.3 is 10.3 Å². The lowest BCUT2D eigenvalue weighted by atomic mass is 10.2. The molecule has 0 atom stereocenters. The predicted molar refractivity (Wildman–Crippen MR) is 79.4 cm³/mol. The fourth-order valence-electron chi connectivity index (χ4n) is 1.69. The normalized spacial score (nSPS) is 11.4. The molecule has 2 aromatic heterocycles. The molecular weight excluding hydrogens is 278 g/mol. The maximum absolute atomic E-state index is 5.64. The van der Waals surface area contributed by atoms with Crippen LogP contribution in [0.1, 0.15) is 43.2 Å². The summed E-state index contributed by atoms with van der Waals surface area (Å²) in [6.07, 6.45) is 0. The molecule has 0 amide bonds. The average Bonchev–Trinajstić information content (AvgIpc) is 3.02. The molecule has 0 saturated heterocycles. The van der Waals surface area contributed by atoms with Crippen LogP contribution in [0.2, 0.25) is 0 Å². The van der Waals surface area contributed by atoms with Gasteiger partial charge in [0.05, 0.1) is 17.2 Å². The zero-order valence-electron chi connectivity index (χ0n) is 11.5. The van der Waals surface area contributed by atoms with Crippen LogP contribution in [0.3, 0.4) is 0 Å². The molecule has 0 unspecified atom stereocenters. The van der Waals surface area contributed by atoms with E-state index in [0.29, 0.717) is 12.5 Å². The van der Waals surface area contributed by atoms with Crippen molar-refractivity contribution in [1.82, 2.24) is 19.7 Å². The van der Waals surface area contributed by atoms with Crippen molar-refractivity contribution >= 4 is 23.1 Å². The molecule has 0 aliphatic heterocycles. The Hall–Kier alpha value is -0.920. The first-order chi connectivity index (χ1) is 9.15. The fourth-order valence-corrected chi connectivity index (χ4v) is 3.54. The summed E-state index contributed by atoms with van der Waals surface area (Å²) in [5.41, 5.74) is 6.75. The molecule has 0 radical (unpaired) electrons. The van der Waals surface area contributed by atoms with Crippen molar-refractivity contribution in [3.05, 3.63) is 21.9 Å². The van der Waals surface area contributed by atoms with E-state index in [1.165, 1.54) is 5.01 Å². The second-order valence-electron chi connectivity index (χ2n) is 4.47. The van der Waals surface area contributed by atoms with Gasteiger partial charge in [0.25, 0.3) is 0 Å². The molecule has 5 nitrogen and oxygen atoms in total. The number of rotatable bonds is 6. The molecule has 2 rings (SSSR count). The summed E-state index contributed by atoms with van der Waals surface area (Å²) in [5.74, 6) is 2.16. The van der Waals surface area contributed by atoms with Gasteiger partial charge in [-0.1, -0.05) is 25.6 Å². The van der Waals surface area contributed by atoms with Crippen LogP contribution in [0.15, 0.2) is 10.5 Å². The summed E-state index contributed by atoms with van der Waals surface area (Å²) < 4.78 is 2.06. The van der Waals surface area contributed by atoms with Crippen LogP contribution in [0, 0.1) is 0 Å². The van der Waals surface area contributed by atoms with E-state index in [1.807, 2.05) is 0 Å². The monoisotopic (exact) mass is 297 g/mol. The van der Waals surface area contributed by atoms with Crippen LogP contribution >= 0.6 is 23.1 Å². The molecule has 2 heterocycles. The van der Waals surface area contributed by atoms with Gasteiger partial charge in [0.1, 0.15) is 5.82 Å². The first kappa shape index (κ1) is 14.5. The number of thiazole rings is 1. The Labute approximate surface area is 121 Å². The van der Waals surface area contributed by atoms with E-state index in [2.05, 4.69) is 45.9 Å². The predicted octanol–water partition coefficient (Wildman–Crippen LogP) is 2.63. The number of hydrogen-bond donors (Lipinski definition) is 1. The van der Waals surface area contributed by atoms with Gasteiger partial charge in [-0.3, -0.25) is 0 Å². The van der Waals surface area contributed by atoms with Gasteiger partial charge in [-0.25, -0.2) is 4.98 Å². The zero-order valence-corrected chi connectivity index (χ0v) is 13.1. The molecule has 0 bridgehead atoms. The lowest BCUT2D eigenvalue weighted by Gasteiger charge is -2.04. The Kier molecular flexibility index (Phi) is 4.95. The number of nitrogens with two attached hydrogens (primary N) is 1. The molecule has 2 N–H and O–H groups in total. The summed E-state index contributed by atoms with van der Waals surface area (Å²) in [6.45, 7) is 7.67. The topological polar surface area (TPSA) is 69.6 Å². The van der Waals surface area contributed by atoms with Gasteiger partial charge in [0, 0.05) is 23.6 Å². The second-order valence-corrected chi connectivity index (χ2v) is 6.30. The van der Waals surface area contributed by atoms with Crippen LogP contribution in [0.5, 0.6) is 0 Å². The van der Waals surface area contributed by atoms with E-state index in [4.69, 9.17) is 5.73 Å². The Morgan fingerprint density at radius 1 is 1.42 bits per heavy atom. The molecule has 0 aromatic carbocycles. The minimum Gasteiger partial charge on any atom is -0.324 e. The van der Waals surface area contributed by atoms with Crippen molar-refractivity contribution in [2.75, 3.05) is 0 Å². The fraction of sp³-hybridized carbons (Fsp3) is 0.583. The summed E-state index contributed by atoms with van der Waals surface area (Å²) in [6, 6.07) is 0. The smallest absolute Gasteiger partial charge is 0.191 e. The highest BCUT2D eigenvalue weighted by atomic mass is 32.2. The highest BCUT2D eigenvalue weighted by Crippen LogP contribution is 2.25. The lowest BCUT2D eigenvalue weighted by molar-refractivity contribution is 0.643. The van der Waals surface area contributed by atoms with Crippen LogP contribution in [0.25, 0.3) is 0 Å². The average molecular weight is 297 g/mol. The summed E-state index contributed by atoms with van der Waals surface area (Å²) in [7, 11) is 0. The Balaban J connectivity index is 2.03. The van der Waals surface area contributed by atoms with E-state index < -0.39 is 0 Å². The highest BCUT2D eigenvalue weighted by molar-refractivity contribution is 7.98. The van der Waals surface area contributed by atoms with Gasteiger partial charge in [-0.05, 0) is 6.92 Å². The maximum Gasteiger partial charge on any atom is 0.191 e. The molecule has 104 valence electrons. The molecule has 0 aliphatic rings. The van der Waals surface area contributed by atoms with E-state index in [1.54, 1.807) is 23.1 Å². The SMILES string of the molecule is CCn1c(CN)nnc1SCc1csc(C(C)C)n1. The molecule has 0 aliphatic carbocycles. The molecule has 0 spiro atoms. The third-order valence-corrected chi connectivity index (χ3v) is 4.90. The van der Waals surface area contributed by atoms with Gasteiger partial charge in [0.2, 0.25) is 0 Å². The third kappa shape index (κ3) is 3.34. The largest absolute Gasteiger partial charge is 0.324 e. The van der Waals surface area contributed by atoms with E-state index >= 15 is 0 Å². The van der Waals surface area contributed by atoms with Crippen molar-refractivity contribution in [3.8, 4) is 0 Å². The number of hydrogen-bond acceptors (Lipinski definition) is 6. The summed E-state index contributed by atoms with van der Waals surface area (Å²) in [4.78, 5) is 4.62. The summed E-state index contributed by atoms with van der Waals surface area (Å²) in [5, 5.41) is 12.5. The van der Waals surface area contributed by atoms with Crippen LogP contribution in [0.4, 0.5) is 0 Å². The van der Waals surface area contributed by atoms with E-state index in [9.17, 15) is 0 Å². The molecule has 2 aromatic rings. The second kappa shape index (κ2) is 6.49. The lowest BCUT2D eigenvalue weighted by Crippen LogP contribution is -2.08. The first-order valence-corrected chi connectivity index (χ1v) is 8.21. The van der Waals surface area contributed by atoms with Gasteiger partial charge >= 0.3 is 0 Å². The van der Waals surface area contributed by atoms with E-state index in [-0.39, 0.29) is 0 Å². The Morgan fingerprint density at radius 3 is 2.79 bits per heavy atom. The third-order valence-electron chi connectivity index (χ3n) is 2.70. The van der Waals surface area contributed by atoms with Crippen molar-refractivity contribution in [3.63, 3.8) is 0 Å². The number of thioether (sulfide) groups is 1. The first-order valence-electron chi connectivity index (χ1n) is 6.35. The maximum atomic E-state index is 5.64. The zero-order chi connectivity index (χ0) is 13.8. The minimum absolute atomic E-state index is 0.426. The van der Waals surface area contributed by atoms with Crippen LogP contribution in [-0.4, -0.2) is 19.7 Å². The molecule has 19 heavy (non-hydrogen) atoms. The van der Waals surface area contributed by atoms with Crippen LogP contribution in [-0.2, 0) is 18.8 Å². The van der Waals surface area contributed by atoms with E-state index in [0.717, 1.165) is 29.0 Å².